The summed E-state index contributed by atoms with van der Waals surface area (Å²) in [5, 5.41) is 7.81. The topological polar surface area (TPSA) is 104 Å². The lowest BCUT2D eigenvalue weighted by molar-refractivity contribution is -0.862. The van der Waals surface area contributed by atoms with Crippen LogP contribution in [0.4, 0.5) is 16.2 Å². The van der Waals surface area contributed by atoms with E-state index in [1.165, 1.54) is 0 Å². The van der Waals surface area contributed by atoms with E-state index in [1.54, 1.807) is 7.05 Å². The average Bonchev–Trinajstić information content (AvgIpc) is 3.46. The fourth-order valence-corrected chi connectivity index (χ4v) is 3.01. The molecule has 1 aromatic rings. The SMILES string of the molecule is C[NH+](CC(=O)NC(=O)NC1CC1)CC(=O)Nc1ccc(N2CCOCC2)cc1. The number of quaternary nitrogens is 1. The van der Waals surface area contributed by atoms with Gasteiger partial charge in [0.25, 0.3) is 11.8 Å². The number of rotatable bonds is 7. The van der Waals surface area contributed by atoms with E-state index in [0.717, 1.165) is 44.8 Å². The van der Waals surface area contributed by atoms with E-state index < -0.39 is 11.9 Å². The Morgan fingerprint density at radius 2 is 1.71 bits per heavy atom. The molecule has 1 saturated heterocycles. The van der Waals surface area contributed by atoms with Gasteiger partial charge in [0, 0.05) is 30.5 Å². The van der Waals surface area contributed by atoms with Gasteiger partial charge in [-0.1, -0.05) is 0 Å². The van der Waals surface area contributed by atoms with Gasteiger partial charge >= 0.3 is 6.03 Å². The van der Waals surface area contributed by atoms with E-state index in [0.29, 0.717) is 10.6 Å². The monoisotopic (exact) mass is 390 g/mol. The summed E-state index contributed by atoms with van der Waals surface area (Å²) in [6.45, 7) is 3.35. The zero-order chi connectivity index (χ0) is 19.9. The first-order chi connectivity index (χ1) is 13.5. The predicted molar refractivity (Wildman–Crippen MR) is 104 cm³/mol. The number of hydrogen-bond donors (Lipinski definition) is 4. The molecule has 1 heterocycles. The molecule has 1 atom stereocenters. The summed E-state index contributed by atoms with van der Waals surface area (Å²) >= 11 is 0. The molecule has 3 rings (SSSR count). The lowest BCUT2D eigenvalue weighted by Gasteiger charge is -2.28. The minimum Gasteiger partial charge on any atom is -0.378 e. The number of anilines is 2. The normalized spacial score (nSPS) is 17.5. The van der Waals surface area contributed by atoms with E-state index in [2.05, 4.69) is 20.9 Å². The Morgan fingerprint density at radius 3 is 2.36 bits per heavy atom. The van der Waals surface area contributed by atoms with Gasteiger partial charge in [0.1, 0.15) is 0 Å². The van der Waals surface area contributed by atoms with Crippen molar-refractivity contribution in [3.63, 3.8) is 0 Å². The first-order valence-electron chi connectivity index (χ1n) is 9.64. The molecule has 9 heteroatoms. The van der Waals surface area contributed by atoms with E-state index in [-0.39, 0.29) is 25.0 Å². The number of nitrogens with one attached hydrogen (secondary N) is 4. The largest absolute Gasteiger partial charge is 0.378 e. The number of imide groups is 1. The predicted octanol–water partition coefficient (Wildman–Crippen LogP) is -1.04. The maximum atomic E-state index is 12.2. The van der Waals surface area contributed by atoms with Gasteiger partial charge < -0.3 is 25.2 Å². The highest BCUT2D eigenvalue weighted by atomic mass is 16.5. The highest BCUT2D eigenvalue weighted by Crippen LogP contribution is 2.19. The number of nitrogens with zero attached hydrogens (tertiary/aromatic N) is 1. The average molecular weight is 390 g/mol. The van der Waals surface area contributed by atoms with Crippen molar-refractivity contribution in [1.82, 2.24) is 10.6 Å². The number of hydrogen-bond acceptors (Lipinski definition) is 5. The van der Waals surface area contributed by atoms with Crippen LogP contribution < -0.4 is 25.8 Å². The van der Waals surface area contributed by atoms with Gasteiger partial charge in [0.2, 0.25) is 0 Å². The van der Waals surface area contributed by atoms with Crippen molar-refractivity contribution in [3.8, 4) is 0 Å². The molecule has 9 nitrogen and oxygen atoms in total. The van der Waals surface area contributed by atoms with Crippen molar-refractivity contribution in [1.29, 1.82) is 0 Å². The molecule has 2 aliphatic rings. The summed E-state index contributed by atoms with van der Waals surface area (Å²) in [5.74, 6) is -0.592. The number of carbonyl (C=O) groups is 3. The molecule has 28 heavy (non-hydrogen) atoms. The third kappa shape index (κ3) is 6.50. The Labute approximate surface area is 164 Å². The third-order valence-electron chi connectivity index (χ3n) is 4.62. The lowest BCUT2D eigenvalue weighted by atomic mass is 10.2. The lowest BCUT2D eigenvalue weighted by Crippen LogP contribution is -3.11. The highest BCUT2D eigenvalue weighted by Gasteiger charge is 2.24. The fourth-order valence-electron chi connectivity index (χ4n) is 3.01. The van der Waals surface area contributed by atoms with E-state index in [4.69, 9.17) is 4.74 Å². The van der Waals surface area contributed by atoms with Gasteiger partial charge in [-0.05, 0) is 37.1 Å². The number of amides is 4. The standard InChI is InChI=1S/C19H27N5O4/c1-23(13-18(26)22-19(27)21-15-2-3-15)12-17(25)20-14-4-6-16(7-5-14)24-8-10-28-11-9-24/h4-7,15H,2-3,8-13H2,1H3,(H,20,25)(H2,21,22,26,27)/p+1. The molecule has 1 aromatic carbocycles. The molecule has 2 fully saturated rings. The van der Waals surface area contributed by atoms with Gasteiger partial charge in [-0.15, -0.1) is 0 Å². The van der Waals surface area contributed by atoms with E-state index in [1.807, 2.05) is 24.3 Å². The summed E-state index contributed by atoms with van der Waals surface area (Å²) in [7, 11) is 1.74. The second-order valence-electron chi connectivity index (χ2n) is 7.30. The van der Waals surface area contributed by atoms with Gasteiger partial charge in [0.15, 0.2) is 13.1 Å². The molecule has 4 amide bonds. The Hall–Kier alpha value is -2.65. The number of ether oxygens (including phenoxy) is 1. The minimum atomic E-state index is -0.467. The number of urea groups is 1. The van der Waals surface area contributed by atoms with Crippen LogP contribution in [-0.4, -0.2) is 70.3 Å². The first kappa shape index (κ1) is 20.1. The molecular weight excluding hydrogens is 362 g/mol. The van der Waals surface area contributed by atoms with Crippen LogP contribution in [0.5, 0.6) is 0 Å². The van der Waals surface area contributed by atoms with Gasteiger partial charge in [-0.3, -0.25) is 14.9 Å². The third-order valence-corrected chi connectivity index (χ3v) is 4.62. The summed E-state index contributed by atoms with van der Waals surface area (Å²) in [5.41, 5.74) is 1.81. The Bertz CT molecular complexity index is 699. The molecule has 1 saturated carbocycles. The Balaban J connectivity index is 1.38. The van der Waals surface area contributed by atoms with Crippen LogP contribution in [0.3, 0.4) is 0 Å². The number of morpholine rings is 1. The van der Waals surface area contributed by atoms with Crippen molar-refractivity contribution in [2.45, 2.75) is 18.9 Å². The molecule has 0 bridgehead atoms. The highest BCUT2D eigenvalue weighted by molar-refractivity contribution is 5.95. The number of benzene rings is 1. The molecular formula is C19H28N5O4+. The van der Waals surface area contributed by atoms with Crippen LogP contribution in [0.15, 0.2) is 24.3 Å². The van der Waals surface area contributed by atoms with E-state index in [9.17, 15) is 14.4 Å². The summed E-state index contributed by atoms with van der Waals surface area (Å²) < 4.78 is 5.35. The van der Waals surface area contributed by atoms with Crippen molar-refractivity contribution in [2.75, 3.05) is 56.7 Å². The molecule has 0 radical (unpaired) electrons. The fraction of sp³-hybridized carbons (Fsp3) is 0.526. The van der Waals surface area contributed by atoms with E-state index >= 15 is 0 Å². The van der Waals surface area contributed by atoms with Crippen LogP contribution >= 0.6 is 0 Å². The van der Waals surface area contributed by atoms with Crippen LogP contribution in [0.1, 0.15) is 12.8 Å². The molecule has 0 aromatic heterocycles. The molecule has 1 aliphatic heterocycles. The molecule has 1 unspecified atom stereocenters. The van der Waals surface area contributed by atoms with Crippen LogP contribution in [0.25, 0.3) is 0 Å². The summed E-state index contributed by atoms with van der Waals surface area (Å²) in [6.07, 6.45) is 1.92. The molecule has 0 spiro atoms. The van der Waals surface area contributed by atoms with Gasteiger partial charge in [-0.25, -0.2) is 4.79 Å². The quantitative estimate of drug-likeness (QED) is 0.476. The van der Waals surface area contributed by atoms with Crippen molar-refractivity contribution >= 4 is 29.2 Å². The molecule has 4 N–H and O–H groups in total. The van der Waals surface area contributed by atoms with Crippen LogP contribution in [0.2, 0.25) is 0 Å². The second-order valence-corrected chi connectivity index (χ2v) is 7.30. The second kappa shape index (κ2) is 9.52. The zero-order valence-corrected chi connectivity index (χ0v) is 16.1. The number of likely N-dealkylation sites (N-methyl/N-ethyl adjacent to an activating group) is 1. The van der Waals surface area contributed by atoms with Crippen molar-refractivity contribution in [2.24, 2.45) is 0 Å². The van der Waals surface area contributed by atoms with Crippen molar-refractivity contribution in [3.05, 3.63) is 24.3 Å². The summed E-state index contributed by atoms with van der Waals surface area (Å²) in [4.78, 5) is 38.5. The van der Waals surface area contributed by atoms with Gasteiger partial charge in [0.05, 0.1) is 20.3 Å². The maximum Gasteiger partial charge on any atom is 0.321 e. The van der Waals surface area contributed by atoms with Crippen LogP contribution in [0, 0.1) is 0 Å². The zero-order valence-electron chi connectivity index (χ0n) is 16.1. The smallest absolute Gasteiger partial charge is 0.321 e. The molecule has 152 valence electrons. The van der Waals surface area contributed by atoms with Crippen molar-refractivity contribution < 1.29 is 24.0 Å². The number of carbonyl (C=O) groups excluding carboxylic acids is 3. The Morgan fingerprint density at radius 1 is 1.07 bits per heavy atom. The summed E-state index contributed by atoms with van der Waals surface area (Å²) in [6, 6.07) is 7.41. The maximum absolute atomic E-state index is 12.2. The minimum absolute atomic E-state index is 0.0431. The van der Waals surface area contributed by atoms with Crippen LogP contribution in [-0.2, 0) is 14.3 Å². The Kier molecular flexibility index (Phi) is 6.83. The van der Waals surface area contributed by atoms with Gasteiger partial charge in [-0.2, -0.15) is 0 Å². The first-order valence-corrected chi connectivity index (χ1v) is 9.64. The molecule has 1 aliphatic carbocycles.